The van der Waals surface area contributed by atoms with Crippen LogP contribution < -0.4 is 10.6 Å². The molecule has 2 saturated heterocycles. The van der Waals surface area contributed by atoms with Crippen LogP contribution in [-0.2, 0) is 53.5 Å². The van der Waals surface area contributed by atoms with Crippen LogP contribution in [0, 0.1) is 5.92 Å². The van der Waals surface area contributed by atoms with Crippen LogP contribution in [0.3, 0.4) is 0 Å². The lowest BCUT2D eigenvalue weighted by molar-refractivity contribution is -0.270. The molecule has 3 rings (SSSR count). The number of aliphatic hydroxyl groups excluding tert-OH is 3. The van der Waals surface area contributed by atoms with Gasteiger partial charge in [-0.2, -0.15) is 0 Å². The van der Waals surface area contributed by atoms with Crippen molar-refractivity contribution in [2.45, 2.75) is 107 Å². The highest BCUT2D eigenvalue weighted by molar-refractivity contribution is 7.47. The Morgan fingerprint density at radius 3 is 2.45 bits per heavy atom. The molecule has 0 bridgehead atoms. The van der Waals surface area contributed by atoms with Crippen molar-refractivity contribution in [2.24, 2.45) is 5.92 Å². The normalized spacial score (nSPS) is 28.3. The summed E-state index contributed by atoms with van der Waals surface area (Å²) in [5.74, 6) is -0.874. The first kappa shape index (κ1) is 44.5. The van der Waals surface area contributed by atoms with Gasteiger partial charge < -0.3 is 54.5 Å². The van der Waals surface area contributed by atoms with Crippen molar-refractivity contribution in [3.63, 3.8) is 0 Å². The maximum atomic E-state index is 12.3. The fraction of sp³-hybridized carbons (Fsp3) is 0.676. The first-order valence-electron chi connectivity index (χ1n) is 17.8. The molecule has 0 spiro atoms. The molecule has 10 atom stereocenters. The molecule has 53 heavy (non-hydrogen) atoms. The number of rotatable bonds is 22. The number of nitrogens with one attached hydrogen (secondary N) is 2. The summed E-state index contributed by atoms with van der Waals surface area (Å²) < 4.78 is 49.9. The van der Waals surface area contributed by atoms with E-state index in [1.165, 1.54) is 6.92 Å². The summed E-state index contributed by atoms with van der Waals surface area (Å²) in [6, 6.07) is 7.71. The number of carbonyl (C=O) groups is 3. The molecule has 1 aromatic carbocycles. The van der Waals surface area contributed by atoms with Crippen LogP contribution in [0.4, 0.5) is 4.79 Å². The number of carbonyl (C=O) groups excluding carboxylic acids is 3. The molecule has 0 saturated carbocycles. The maximum Gasteiger partial charge on any atom is 0.508 e. The van der Waals surface area contributed by atoms with Crippen LogP contribution in [0.5, 0.6) is 0 Å². The minimum atomic E-state index is -4.38. The Labute approximate surface area is 310 Å². The molecule has 2 amide bonds. The van der Waals surface area contributed by atoms with Gasteiger partial charge in [-0.05, 0) is 44.1 Å². The molecule has 0 aromatic heterocycles. The van der Waals surface area contributed by atoms with E-state index in [1.807, 2.05) is 50.3 Å². The highest BCUT2D eigenvalue weighted by Gasteiger charge is 2.47. The van der Waals surface area contributed by atoms with Crippen LogP contribution in [0.15, 0.2) is 42.5 Å². The van der Waals surface area contributed by atoms with E-state index in [4.69, 9.17) is 28.2 Å². The first-order chi connectivity index (χ1) is 25.3. The molecule has 2 unspecified atom stereocenters. The van der Waals surface area contributed by atoms with Crippen molar-refractivity contribution in [1.82, 2.24) is 10.6 Å². The Bertz CT molecular complexity index is 1340. The Hall–Kier alpha value is -2.90. The lowest BCUT2D eigenvalue weighted by Gasteiger charge is -2.42. The zero-order chi connectivity index (χ0) is 38.8. The van der Waals surface area contributed by atoms with E-state index in [0.717, 1.165) is 31.9 Å². The van der Waals surface area contributed by atoms with E-state index in [9.17, 15) is 39.2 Å². The van der Waals surface area contributed by atoms with Gasteiger partial charge in [0.05, 0.1) is 6.61 Å². The highest BCUT2D eigenvalue weighted by Crippen LogP contribution is 2.48. The number of amides is 2. The minimum absolute atomic E-state index is 0.0310. The number of aliphatic hydroxyl groups is 3. The second kappa shape index (κ2) is 23.1. The van der Waals surface area contributed by atoms with Gasteiger partial charge in [-0.1, -0.05) is 42.5 Å². The molecular formula is C34H54BN2O15P. The Balaban J connectivity index is 1.31. The smallest absolute Gasteiger partial charge is 0.431 e. The maximum absolute atomic E-state index is 12.3. The second-order valence-corrected chi connectivity index (χ2v) is 14.4. The summed E-state index contributed by atoms with van der Waals surface area (Å²) in [4.78, 5) is 46.0. The van der Waals surface area contributed by atoms with Gasteiger partial charge in [0, 0.05) is 45.5 Å². The summed E-state index contributed by atoms with van der Waals surface area (Å²) in [7, 11) is -1.50. The van der Waals surface area contributed by atoms with E-state index in [0.29, 0.717) is 25.8 Å². The predicted molar refractivity (Wildman–Crippen MR) is 191 cm³/mol. The third-order valence-corrected chi connectivity index (χ3v) is 9.83. The number of ether oxygens (including phenoxy) is 5. The molecule has 6 N–H and O–H groups in total. The molecular weight excluding hydrogens is 718 g/mol. The van der Waals surface area contributed by atoms with Crippen LogP contribution >= 0.6 is 7.82 Å². The van der Waals surface area contributed by atoms with Crippen LogP contribution in [0.25, 0.3) is 0 Å². The lowest BCUT2D eigenvalue weighted by Crippen LogP contribution is -2.64. The molecule has 2 heterocycles. The Morgan fingerprint density at radius 2 is 1.75 bits per heavy atom. The van der Waals surface area contributed by atoms with Gasteiger partial charge in [0.25, 0.3) is 0 Å². The number of allylic oxidation sites excluding steroid dienone is 2. The topological polar surface area (TPSA) is 238 Å². The van der Waals surface area contributed by atoms with E-state index in [1.54, 1.807) is 0 Å². The first-order valence-corrected chi connectivity index (χ1v) is 19.3. The third-order valence-electron chi connectivity index (χ3n) is 8.86. The zero-order valence-electron chi connectivity index (χ0n) is 30.4. The summed E-state index contributed by atoms with van der Waals surface area (Å²) in [5.41, 5.74) is 0.793. The van der Waals surface area contributed by atoms with Crippen molar-refractivity contribution < 1.29 is 71.9 Å². The summed E-state index contributed by atoms with van der Waals surface area (Å²) in [5, 5.41) is 35.2. The van der Waals surface area contributed by atoms with Crippen LogP contribution in [0.1, 0.15) is 57.4 Å². The molecule has 2 aliphatic rings. The number of hydrogen-bond acceptors (Lipinski definition) is 14. The highest BCUT2D eigenvalue weighted by atomic mass is 31.2. The Morgan fingerprint density at radius 1 is 1.00 bits per heavy atom. The van der Waals surface area contributed by atoms with Crippen molar-refractivity contribution in [1.29, 1.82) is 0 Å². The summed E-state index contributed by atoms with van der Waals surface area (Å²) in [6.45, 7) is 1.18. The predicted octanol–water partition coefficient (Wildman–Crippen LogP) is 0.809. The van der Waals surface area contributed by atoms with Crippen molar-refractivity contribution >= 4 is 33.6 Å². The molecule has 0 radical (unpaired) electrons. The van der Waals surface area contributed by atoms with Crippen molar-refractivity contribution in [3.05, 3.63) is 48.0 Å². The Kier molecular flexibility index (Phi) is 19.4. The van der Waals surface area contributed by atoms with Gasteiger partial charge in [0.2, 0.25) is 11.8 Å². The van der Waals surface area contributed by atoms with E-state index in [2.05, 4.69) is 15.2 Å². The molecule has 2 aliphatic heterocycles. The van der Waals surface area contributed by atoms with Crippen LogP contribution in [0.2, 0.25) is 0 Å². The standard InChI is InChI=1S/C34H54BN2O15P/c1-22(39)37-28-30(42)29(41)25(19-38)51-33(28)47-18-12-10-16-27(40)36-17-11-5-3-4-9-15-24-31(52-53(44,45)46-2)26(50-32(24)35)21-49-34(43)48-20-23-13-7-6-8-14-23/h4,6-9,13-14,24-26,28-33,38,41-42H,3,5,10-12,15-21,35H2,1-2H3,(H,36,40)(H,37,39)(H,44,45)/b9-4+/t24?,25-,26-,28-,29+,30-,31-,32-,33-/m1/s1. The fourth-order valence-corrected chi connectivity index (χ4v) is 6.67. The lowest BCUT2D eigenvalue weighted by atomic mass is 9.82. The summed E-state index contributed by atoms with van der Waals surface area (Å²) in [6.07, 6.45) is 0.466. The molecule has 1 aromatic rings. The monoisotopic (exact) mass is 772 g/mol. The third kappa shape index (κ3) is 15.4. The minimum Gasteiger partial charge on any atom is -0.431 e. The number of phosphoric acid groups is 1. The molecule has 19 heteroatoms. The van der Waals surface area contributed by atoms with Gasteiger partial charge in [0.1, 0.15) is 57.6 Å². The number of hydrogen-bond donors (Lipinski definition) is 6. The number of unbranched alkanes of at least 4 members (excludes halogenated alkanes) is 3. The average molecular weight is 773 g/mol. The number of phosphoric ester groups is 1. The van der Waals surface area contributed by atoms with E-state index < -0.39 is 69.3 Å². The van der Waals surface area contributed by atoms with Gasteiger partial charge >= 0.3 is 14.0 Å². The zero-order valence-corrected chi connectivity index (χ0v) is 31.3. The quantitative estimate of drug-likeness (QED) is 0.0315. The molecule has 298 valence electrons. The largest absolute Gasteiger partial charge is 0.508 e. The van der Waals surface area contributed by atoms with E-state index >= 15 is 0 Å². The number of benzene rings is 1. The van der Waals surface area contributed by atoms with Gasteiger partial charge in [0.15, 0.2) is 6.29 Å². The average Bonchev–Trinajstić information content (AvgIpc) is 3.42. The SMILES string of the molecule is B[C@@H]1O[C@H](COC(=O)OCc2ccccc2)[C@H](OP(=O)(O)OC)C1C/C=C/CCCCNC(=O)CCCCO[C@@H]1O[C@H](CO)[C@H](O)[C@H](O)[C@H]1NC(C)=O. The van der Waals surface area contributed by atoms with Crippen molar-refractivity contribution in [2.75, 3.05) is 33.5 Å². The van der Waals surface area contributed by atoms with Gasteiger partial charge in [-0.15, -0.1) is 0 Å². The van der Waals surface area contributed by atoms with Crippen LogP contribution in [-0.4, -0.2) is 128 Å². The van der Waals surface area contributed by atoms with Gasteiger partial charge in [-0.25, -0.2) is 9.36 Å². The molecule has 17 nitrogen and oxygen atoms in total. The molecule has 0 aliphatic carbocycles. The molecule has 2 fully saturated rings. The van der Waals surface area contributed by atoms with Crippen molar-refractivity contribution in [3.8, 4) is 0 Å². The van der Waals surface area contributed by atoms with E-state index in [-0.39, 0.29) is 44.1 Å². The fourth-order valence-electron chi connectivity index (χ4n) is 5.98. The summed E-state index contributed by atoms with van der Waals surface area (Å²) >= 11 is 0. The van der Waals surface area contributed by atoms with Gasteiger partial charge in [-0.3, -0.25) is 18.6 Å². The second-order valence-electron chi connectivity index (χ2n) is 12.9.